The Morgan fingerprint density at radius 1 is 1.40 bits per heavy atom. The lowest BCUT2D eigenvalue weighted by atomic mass is 9.91. The SMILES string of the molecule is C=CC(C(C(=O)O)c1ccccc1)N1CCC[Si]1(C)C. The Bertz CT molecular complexity index is 487. The highest BCUT2D eigenvalue weighted by atomic mass is 28.3. The van der Waals surface area contributed by atoms with Crippen LogP contribution in [-0.4, -0.2) is 36.5 Å². The van der Waals surface area contributed by atoms with E-state index >= 15 is 0 Å². The van der Waals surface area contributed by atoms with E-state index in [1.54, 1.807) is 0 Å². The van der Waals surface area contributed by atoms with Crippen LogP contribution in [0.25, 0.3) is 0 Å². The van der Waals surface area contributed by atoms with Gasteiger partial charge in [-0.1, -0.05) is 49.5 Å². The first-order valence-electron chi connectivity index (χ1n) is 7.14. The van der Waals surface area contributed by atoms with Gasteiger partial charge in [0, 0.05) is 6.04 Å². The number of nitrogens with zero attached hydrogens (tertiary/aromatic N) is 1. The van der Waals surface area contributed by atoms with E-state index in [1.165, 1.54) is 12.5 Å². The van der Waals surface area contributed by atoms with Crippen LogP contribution < -0.4 is 0 Å². The molecule has 1 N–H and O–H groups in total. The third-order valence-corrected chi connectivity index (χ3v) is 7.99. The summed E-state index contributed by atoms with van der Waals surface area (Å²) in [7, 11) is -1.50. The van der Waals surface area contributed by atoms with E-state index in [1.807, 2.05) is 36.4 Å². The second kappa shape index (κ2) is 5.93. The molecule has 2 atom stereocenters. The molecule has 2 unspecified atom stereocenters. The van der Waals surface area contributed by atoms with Gasteiger partial charge < -0.3 is 9.67 Å². The smallest absolute Gasteiger partial charge is 0.312 e. The Labute approximate surface area is 122 Å². The van der Waals surface area contributed by atoms with Crippen molar-refractivity contribution in [3.63, 3.8) is 0 Å². The number of aliphatic carboxylic acids is 1. The van der Waals surface area contributed by atoms with Crippen LogP contribution in [0.4, 0.5) is 0 Å². The summed E-state index contributed by atoms with van der Waals surface area (Å²) < 4.78 is 2.42. The number of carboxylic acids is 1. The van der Waals surface area contributed by atoms with E-state index in [0.717, 1.165) is 12.1 Å². The Morgan fingerprint density at radius 3 is 2.50 bits per heavy atom. The fourth-order valence-corrected chi connectivity index (χ4v) is 6.41. The average Bonchev–Trinajstić information content (AvgIpc) is 2.76. The van der Waals surface area contributed by atoms with Crippen molar-refractivity contribution in [2.45, 2.75) is 37.5 Å². The van der Waals surface area contributed by atoms with E-state index in [-0.39, 0.29) is 6.04 Å². The van der Waals surface area contributed by atoms with Gasteiger partial charge in [-0.25, -0.2) is 0 Å². The van der Waals surface area contributed by atoms with Crippen molar-refractivity contribution in [1.29, 1.82) is 0 Å². The fourth-order valence-electron chi connectivity index (χ4n) is 3.27. The van der Waals surface area contributed by atoms with E-state index in [9.17, 15) is 9.90 Å². The van der Waals surface area contributed by atoms with E-state index in [0.29, 0.717) is 0 Å². The molecule has 1 fully saturated rings. The highest BCUT2D eigenvalue weighted by Crippen LogP contribution is 2.34. The average molecular weight is 289 g/mol. The van der Waals surface area contributed by atoms with Gasteiger partial charge in [-0.05, 0) is 24.6 Å². The van der Waals surface area contributed by atoms with Crippen molar-refractivity contribution >= 4 is 14.2 Å². The topological polar surface area (TPSA) is 40.5 Å². The van der Waals surface area contributed by atoms with Crippen LogP contribution >= 0.6 is 0 Å². The molecule has 0 aromatic heterocycles. The number of benzene rings is 1. The minimum Gasteiger partial charge on any atom is -0.481 e. The van der Waals surface area contributed by atoms with Gasteiger partial charge in [0.25, 0.3) is 0 Å². The molecular formula is C16H23NO2Si. The number of carbonyl (C=O) groups is 1. The van der Waals surface area contributed by atoms with Crippen LogP contribution in [0.5, 0.6) is 0 Å². The molecule has 1 aromatic rings. The molecule has 4 heteroatoms. The molecule has 0 amide bonds. The van der Waals surface area contributed by atoms with Crippen LogP contribution in [0.2, 0.25) is 19.1 Å². The third kappa shape index (κ3) is 2.86. The summed E-state index contributed by atoms with van der Waals surface area (Å²) in [6, 6.07) is 10.6. The lowest BCUT2D eigenvalue weighted by molar-refractivity contribution is -0.139. The molecule has 20 heavy (non-hydrogen) atoms. The lowest BCUT2D eigenvalue weighted by Gasteiger charge is -2.38. The molecule has 1 aliphatic rings. The van der Waals surface area contributed by atoms with Gasteiger partial charge in [0.15, 0.2) is 0 Å². The zero-order chi connectivity index (χ0) is 14.8. The second-order valence-corrected chi connectivity index (χ2v) is 10.8. The first-order chi connectivity index (χ1) is 9.47. The molecule has 1 saturated heterocycles. The molecule has 1 aliphatic heterocycles. The van der Waals surface area contributed by atoms with Crippen LogP contribution in [0.1, 0.15) is 17.9 Å². The normalized spacial score (nSPS) is 21.3. The van der Waals surface area contributed by atoms with E-state index in [4.69, 9.17) is 0 Å². The monoisotopic (exact) mass is 289 g/mol. The number of hydrogen-bond acceptors (Lipinski definition) is 2. The maximum atomic E-state index is 11.8. The van der Waals surface area contributed by atoms with Gasteiger partial charge in [-0.2, -0.15) is 0 Å². The molecule has 0 aliphatic carbocycles. The first-order valence-corrected chi connectivity index (χ1v) is 10.3. The Morgan fingerprint density at radius 2 is 2.05 bits per heavy atom. The van der Waals surface area contributed by atoms with Gasteiger partial charge in [0.05, 0.1) is 0 Å². The van der Waals surface area contributed by atoms with Crippen LogP contribution in [-0.2, 0) is 4.79 Å². The first kappa shape index (κ1) is 15.0. The third-order valence-electron chi connectivity index (χ3n) is 4.33. The van der Waals surface area contributed by atoms with Crippen LogP contribution in [0, 0.1) is 0 Å². The maximum absolute atomic E-state index is 11.8. The molecule has 1 heterocycles. The molecule has 0 saturated carbocycles. The van der Waals surface area contributed by atoms with Crippen molar-refractivity contribution in [2.75, 3.05) is 6.54 Å². The lowest BCUT2D eigenvalue weighted by Crippen LogP contribution is -2.52. The Kier molecular flexibility index (Phi) is 4.45. The summed E-state index contributed by atoms with van der Waals surface area (Å²) >= 11 is 0. The second-order valence-electron chi connectivity index (χ2n) is 6.06. The molecule has 2 rings (SSSR count). The molecule has 108 valence electrons. The Balaban J connectivity index is 2.36. The number of hydrogen-bond donors (Lipinski definition) is 1. The summed E-state index contributed by atoms with van der Waals surface area (Å²) in [5, 5.41) is 9.70. The summed E-state index contributed by atoms with van der Waals surface area (Å²) in [5.41, 5.74) is 0.863. The van der Waals surface area contributed by atoms with Crippen molar-refractivity contribution in [1.82, 2.24) is 4.57 Å². The predicted molar refractivity (Wildman–Crippen MR) is 84.4 cm³/mol. The van der Waals surface area contributed by atoms with Crippen molar-refractivity contribution in [3.8, 4) is 0 Å². The maximum Gasteiger partial charge on any atom is 0.312 e. The van der Waals surface area contributed by atoms with Crippen molar-refractivity contribution < 1.29 is 9.90 Å². The predicted octanol–water partition coefficient (Wildman–Crippen LogP) is 3.32. The quantitative estimate of drug-likeness (QED) is 0.668. The molecule has 0 bridgehead atoms. The van der Waals surface area contributed by atoms with Crippen LogP contribution in [0.3, 0.4) is 0 Å². The minimum atomic E-state index is -1.50. The molecule has 0 spiro atoms. The largest absolute Gasteiger partial charge is 0.481 e. The minimum absolute atomic E-state index is 0.112. The van der Waals surface area contributed by atoms with E-state index < -0.39 is 20.1 Å². The molecule has 0 radical (unpaired) electrons. The summed E-state index contributed by atoms with van der Waals surface area (Å²) in [5.74, 6) is -1.30. The summed E-state index contributed by atoms with van der Waals surface area (Å²) in [6.45, 7) is 9.55. The zero-order valence-corrected chi connectivity index (χ0v) is 13.2. The van der Waals surface area contributed by atoms with Gasteiger partial charge in [0.1, 0.15) is 14.2 Å². The molecule has 1 aromatic carbocycles. The van der Waals surface area contributed by atoms with Gasteiger partial charge in [-0.3, -0.25) is 4.79 Å². The molecule has 3 nitrogen and oxygen atoms in total. The number of carboxylic acid groups (broad SMARTS) is 1. The summed E-state index contributed by atoms with van der Waals surface area (Å²) in [6.07, 6.45) is 3.00. The highest BCUT2D eigenvalue weighted by Gasteiger charge is 2.42. The van der Waals surface area contributed by atoms with Gasteiger partial charge in [0.2, 0.25) is 0 Å². The fraction of sp³-hybridized carbons (Fsp3) is 0.438. The van der Waals surface area contributed by atoms with Gasteiger partial charge in [-0.15, -0.1) is 6.58 Å². The Hall–Kier alpha value is -1.39. The van der Waals surface area contributed by atoms with Crippen molar-refractivity contribution in [2.24, 2.45) is 0 Å². The van der Waals surface area contributed by atoms with Crippen LogP contribution in [0.15, 0.2) is 43.0 Å². The summed E-state index contributed by atoms with van der Waals surface area (Å²) in [4.78, 5) is 11.8. The number of rotatable bonds is 5. The highest BCUT2D eigenvalue weighted by molar-refractivity contribution is 6.75. The standard InChI is InChI=1S/C16H23NO2Si/c1-4-14(17-11-8-12-20(17,2)3)15(16(18)19)13-9-6-5-7-10-13/h4-7,9-10,14-15H,1,8,11-12H2,2-3H3,(H,18,19). The van der Waals surface area contributed by atoms with E-state index in [2.05, 4.69) is 24.2 Å². The molecular weight excluding hydrogens is 266 g/mol. The van der Waals surface area contributed by atoms with Crippen molar-refractivity contribution in [3.05, 3.63) is 48.6 Å². The zero-order valence-electron chi connectivity index (χ0n) is 12.2. The van der Waals surface area contributed by atoms with Gasteiger partial charge >= 0.3 is 5.97 Å².